The molecule has 5 nitrogen and oxygen atoms in total. The van der Waals surface area contributed by atoms with Gasteiger partial charge in [-0.25, -0.2) is 4.98 Å². The molecular weight excluding hydrogens is 230 g/mol. The molecule has 1 amide bonds. The minimum atomic E-state index is -0.135. The van der Waals surface area contributed by atoms with Crippen molar-refractivity contribution in [3.63, 3.8) is 0 Å². The highest BCUT2D eigenvalue weighted by Gasteiger charge is 2.19. The lowest BCUT2D eigenvalue weighted by atomic mass is 10.2. The Morgan fingerprint density at radius 1 is 1.56 bits per heavy atom. The van der Waals surface area contributed by atoms with E-state index in [1.807, 2.05) is 0 Å². The van der Waals surface area contributed by atoms with Gasteiger partial charge in [0, 0.05) is 13.1 Å². The molecular formula is C10H14ClN3O2. The van der Waals surface area contributed by atoms with E-state index in [2.05, 4.69) is 15.6 Å². The zero-order chi connectivity index (χ0) is 10.7. The number of carbonyl (C=O) groups is 1. The number of aromatic nitrogens is 1. The summed E-state index contributed by atoms with van der Waals surface area (Å²) in [6, 6.07) is 3.61. The third-order valence-corrected chi connectivity index (χ3v) is 2.32. The average Bonchev–Trinajstić information content (AvgIpc) is 2.23. The van der Waals surface area contributed by atoms with Gasteiger partial charge in [-0.15, -0.1) is 12.4 Å². The summed E-state index contributed by atoms with van der Waals surface area (Å²) in [6.07, 6.45) is 1.54. The Morgan fingerprint density at radius 3 is 2.75 bits per heavy atom. The molecule has 88 valence electrons. The van der Waals surface area contributed by atoms with Crippen molar-refractivity contribution in [3.8, 4) is 5.75 Å². The second-order valence-electron chi connectivity index (χ2n) is 3.41. The van der Waals surface area contributed by atoms with Crippen molar-refractivity contribution < 1.29 is 9.53 Å². The van der Waals surface area contributed by atoms with E-state index in [9.17, 15) is 4.79 Å². The molecule has 0 aromatic carbocycles. The molecule has 1 fully saturated rings. The summed E-state index contributed by atoms with van der Waals surface area (Å²) in [4.78, 5) is 15.6. The van der Waals surface area contributed by atoms with E-state index in [1.165, 1.54) is 6.20 Å². The fourth-order valence-corrected chi connectivity index (χ4v) is 1.29. The summed E-state index contributed by atoms with van der Waals surface area (Å²) in [5, 5.41) is 5.95. The van der Waals surface area contributed by atoms with Gasteiger partial charge in [-0.3, -0.25) is 4.79 Å². The zero-order valence-electron chi connectivity index (χ0n) is 8.90. The second kappa shape index (κ2) is 5.67. The minimum Gasteiger partial charge on any atom is -0.495 e. The van der Waals surface area contributed by atoms with Gasteiger partial charge in [-0.2, -0.15) is 0 Å². The first-order chi connectivity index (χ1) is 7.29. The van der Waals surface area contributed by atoms with Crippen molar-refractivity contribution in [2.75, 3.05) is 20.2 Å². The van der Waals surface area contributed by atoms with Crippen molar-refractivity contribution in [2.45, 2.75) is 6.04 Å². The Labute approximate surface area is 100.0 Å². The van der Waals surface area contributed by atoms with Gasteiger partial charge in [0.05, 0.1) is 19.3 Å². The molecule has 0 aliphatic carbocycles. The Kier molecular flexibility index (Phi) is 4.52. The van der Waals surface area contributed by atoms with Gasteiger partial charge in [0.2, 0.25) is 0 Å². The van der Waals surface area contributed by atoms with E-state index < -0.39 is 0 Å². The zero-order valence-corrected chi connectivity index (χ0v) is 9.71. The van der Waals surface area contributed by atoms with Crippen LogP contribution in [0.1, 0.15) is 10.5 Å². The number of amides is 1. The highest BCUT2D eigenvalue weighted by Crippen LogP contribution is 2.08. The topological polar surface area (TPSA) is 63.2 Å². The summed E-state index contributed by atoms with van der Waals surface area (Å²) in [5.41, 5.74) is 0.419. The van der Waals surface area contributed by atoms with Crippen LogP contribution < -0.4 is 15.4 Å². The van der Waals surface area contributed by atoms with E-state index in [-0.39, 0.29) is 24.4 Å². The molecule has 0 radical (unpaired) electrons. The van der Waals surface area contributed by atoms with Crippen LogP contribution in [-0.4, -0.2) is 37.1 Å². The Hall–Kier alpha value is -1.33. The molecule has 16 heavy (non-hydrogen) atoms. The molecule has 0 unspecified atom stereocenters. The predicted molar refractivity (Wildman–Crippen MR) is 62.2 cm³/mol. The first kappa shape index (κ1) is 12.7. The largest absolute Gasteiger partial charge is 0.495 e. The van der Waals surface area contributed by atoms with E-state index in [1.54, 1.807) is 19.2 Å². The first-order valence-electron chi connectivity index (χ1n) is 4.81. The van der Waals surface area contributed by atoms with Gasteiger partial charge in [0.15, 0.2) is 0 Å². The molecule has 0 bridgehead atoms. The molecule has 0 saturated carbocycles. The first-order valence-corrected chi connectivity index (χ1v) is 4.81. The van der Waals surface area contributed by atoms with E-state index in [4.69, 9.17) is 4.74 Å². The lowest BCUT2D eigenvalue weighted by Crippen LogP contribution is -2.57. The lowest BCUT2D eigenvalue weighted by Gasteiger charge is -2.27. The van der Waals surface area contributed by atoms with Gasteiger partial charge in [0.25, 0.3) is 5.91 Å². The van der Waals surface area contributed by atoms with Gasteiger partial charge in [0.1, 0.15) is 11.4 Å². The van der Waals surface area contributed by atoms with Crippen molar-refractivity contribution in [2.24, 2.45) is 0 Å². The van der Waals surface area contributed by atoms with Crippen molar-refractivity contribution in [3.05, 3.63) is 24.0 Å². The molecule has 1 aromatic rings. The molecule has 0 spiro atoms. The number of nitrogens with zero attached hydrogens (tertiary/aromatic N) is 1. The smallest absolute Gasteiger partial charge is 0.270 e. The minimum absolute atomic E-state index is 0. The van der Waals surface area contributed by atoms with Crippen LogP contribution in [-0.2, 0) is 0 Å². The summed E-state index contributed by atoms with van der Waals surface area (Å²) in [6.45, 7) is 1.67. The highest BCUT2D eigenvalue weighted by atomic mass is 35.5. The molecule has 1 saturated heterocycles. The standard InChI is InChI=1S/C10H13N3O2.ClH/c1-15-8-2-3-9(12-6-8)10(14)13-7-4-11-5-7;/h2-3,6-7,11H,4-5H2,1H3,(H,13,14);1H. The van der Waals surface area contributed by atoms with Gasteiger partial charge in [-0.1, -0.05) is 0 Å². The molecule has 1 aromatic heterocycles. The van der Waals surface area contributed by atoms with Crippen molar-refractivity contribution in [1.29, 1.82) is 0 Å². The molecule has 2 rings (SSSR count). The van der Waals surface area contributed by atoms with E-state index >= 15 is 0 Å². The molecule has 2 N–H and O–H groups in total. The van der Waals surface area contributed by atoms with Gasteiger partial charge >= 0.3 is 0 Å². The molecule has 1 aliphatic rings. The third kappa shape index (κ3) is 2.84. The summed E-state index contributed by atoms with van der Waals surface area (Å²) >= 11 is 0. The number of methoxy groups -OCH3 is 1. The number of halogens is 1. The van der Waals surface area contributed by atoms with Crippen LogP contribution in [0.5, 0.6) is 5.75 Å². The molecule has 1 aliphatic heterocycles. The van der Waals surface area contributed by atoms with Gasteiger partial charge < -0.3 is 15.4 Å². The summed E-state index contributed by atoms with van der Waals surface area (Å²) in [7, 11) is 1.57. The van der Waals surface area contributed by atoms with Crippen LogP contribution >= 0.6 is 12.4 Å². The maximum absolute atomic E-state index is 11.6. The maximum Gasteiger partial charge on any atom is 0.270 e. The van der Waals surface area contributed by atoms with E-state index in [0.29, 0.717) is 11.4 Å². The number of nitrogens with one attached hydrogen (secondary N) is 2. The second-order valence-corrected chi connectivity index (χ2v) is 3.41. The predicted octanol–water partition coefficient (Wildman–Crippen LogP) is 0.214. The maximum atomic E-state index is 11.6. The van der Waals surface area contributed by atoms with Crippen molar-refractivity contribution in [1.82, 2.24) is 15.6 Å². The number of ether oxygens (including phenoxy) is 1. The summed E-state index contributed by atoms with van der Waals surface area (Å²) in [5.74, 6) is 0.515. The summed E-state index contributed by atoms with van der Waals surface area (Å²) < 4.78 is 4.96. The number of hydrogen-bond donors (Lipinski definition) is 2. The van der Waals surface area contributed by atoms with Crippen LogP contribution in [0.25, 0.3) is 0 Å². The van der Waals surface area contributed by atoms with Crippen molar-refractivity contribution >= 4 is 18.3 Å². The lowest BCUT2D eigenvalue weighted by molar-refractivity contribution is 0.0919. The van der Waals surface area contributed by atoms with E-state index in [0.717, 1.165) is 13.1 Å². The quantitative estimate of drug-likeness (QED) is 0.797. The highest BCUT2D eigenvalue weighted by molar-refractivity contribution is 5.92. The Bertz CT molecular complexity index is 352. The Balaban J connectivity index is 0.00000128. The number of rotatable bonds is 3. The van der Waals surface area contributed by atoms with Crippen LogP contribution in [0, 0.1) is 0 Å². The normalized spacial score (nSPS) is 14.6. The third-order valence-electron chi connectivity index (χ3n) is 2.32. The Morgan fingerprint density at radius 2 is 2.31 bits per heavy atom. The van der Waals surface area contributed by atoms with Crippen LogP contribution in [0.15, 0.2) is 18.3 Å². The number of pyridine rings is 1. The number of carbonyl (C=O) groups excluding carboxylic acids is 1. The van der Waals surface area contributed by atoms with Crippen LogP contribution in [0.3, 0.4) is 0 Å². The van der Waals surface area contributed by atoms with Crippen LogP contribution in [0.4, 0.5) is 0 Å². The molecule has 2 heterocycles. The van der Waals surface area contributed by atoms with Crippen LogP contribution in [0.2, 0.25) is 0 Å². The fourth-order valence-electron chi connectivity index (χ4n) is 1.29. The molecule has 0 atom stereocenters. The SMILES string of the molecule is COc1ccc(C(=O)NC2CNC2)nc1.Cl. The average molecular weight is 244 g/mol. The monoisotopic (exact) mass is 243 g/mol. The van der Waals surface area contributed by atoms with Gasteiger partial charge in [-0.05, 0) is 12.1 Å². The number of hydrogen-bond acceptors (Lipinski definition) is 4. The fraction of sp³-hybridized carbons (Fsp3) is 0.400. The molecule has 6 heteroatoms.